The molecule has 1 aromatic carbocycles. The van der Waals surface area contributed by atoms with Crippen molar-refractivity contribution in [1.29, 1.82) is 0 Å². The van der Waals surface area contributed by atoms with Crippen LogP contribution in [-0.4, -0.2) is 19.5 Å². The van der Waals surface area contributed by atoms with Crippen molar-refractivity contribution < 1.29 is 4.79 Å². The van der Waals surface area contributed by atoms with Gasteiger partial charge in [0.1, 0.15) is 0 Å². The molecule has 14 heavy (non-hydrogen) atoms. The van der Waals surface area contributed by atoms with Gasteiger partial charge >= 0.3 is 0 Å². The van der Waals surface area contributed by atoms with Crippen molar-refractivity contribution in [3.63, 3.8) is 0 Å². The van der Waals surface area contributed by atoms with Gasteiger partial charge in [-0.1, -0.05) is 17.7 Å². The number of amides is 1. The Bertz CT molecular complexity index is 308. The second-order valence-electron chi connectivity index (χ2n) is 3.26. The molecule has 0 saturated carbocycles. The van der Waals surface area contributed by atoms with E-state index in [1.807, 2.05) is 43.1 Å². The first kappa shape index (κ1) is 10.5. The first-order chi connectivity index (χ1) is 6.63. The van der Waals surface area contributed by atoms with E-state index in [1.165, 1.54) is 5.56 Å². The monoisotopic (exact) mass is 193 g/mol. The third-order valence-corrected chi connectivity index (χ3v) is 2.02. The second-order valence-corrected chi connectivity index (χ2v) is 3.26. The first-order valence-electron chi connectivity index (χ1n) is 4.40. The Labute approximate surface area is 83.7 Å². The molecule has 0 fully saturated rings. The summed E-state index contributed by atoms with van der Waals surface area (Å²) in [5.74, 6) is 4.80. The molecule has 0 bridgehead atoms. The fourth-order valence-corrected chi connectivity index (χ4v) is 1.15. The van der Waals surface area contributed by atoms with Crippen LogP contribution in [-0.2, 0) is 4.79 Å². The maximum Gasteiger partial charge on any atom is 0.253 e. The molecule has 0 spiro atoms. The van der Waals surface area contributed by atoms with Crippen LogP contribution < -0.4 is 16.2 Å². The number of anilines is 1. The van der Waals surface area contributed by atoms with Crippen molar-refractivity contribution in [3.8, 4) is 0 Å². The molecule has 0 atom stereocenters. The van der Waals surface area contributed by atoms with Crippen molar-refractivity contribution in [2.75, 3.05) is 18.5 Å². The van der Waals surface area contributed by atoms with E-state index in [0.717, 1.165) is 5.69 Å². The molecule has 3 N–H and O–H groups in total. The van der Waals surface area contributed by atoms with E-state index in [9.17, 15) is 4.79 Å². The van der Waals surface area contributed by atoms with E-state index in [0.29, 0.717) is 0 Å². The van der Waals surface area contributed by atoms with E-state index >= 15 is 0 Å². The van der Waals surface area contributed by atoms with Crippen LogP contribution in [0.1, 0.15) is 5.56 Å². The predicted molar refractivity (Wildman–Crippen MR) is 56.8 cm³/mol. The van der Waals surface area contributed by atoms with Crippen molar-refractivity contribution in [1.82, 2.24) is 5.43 Å². The SMILES string of the molecule is Cc1ccc(N(C)CC(=O)NN)cc1. The Morgan fingerprint density at radius 3 is 2.50 bits per heavy atom. The summed E-state index contributed by atoms with van der Waals surface area (Å²) in [5.41, 5.74) is 4.30. The predicted octanol–water partition coefficient (Wildman–Crippen LogP) is 0.421. The van der Waals surface area contributed by atoms with Gasteiger partial charge in [-0.15, -0.1) is 0 Å². The number of nitrogens with one attached hydrogen (secondary N) is 1. The minimum atomic E-state index is -0.201. The molecule has 0 aliphatic rings. The summed E-state index contributed by atoms with van der Waals surface area (Å²) >= 11 is 0. The van der Waals surface area contributed by atoms with Crippen LogP contribution in [0.2, 0.25) is 0 Å². The molecule has 1 rings (SSSR count). The molecule has 0 heterocycles. The Kier molecular flexibility index (Phi) is 3.48. The van der Waals surface area contributed by atoms with Crippen LogP contribution in [0.25, 0.3) is 0 Å². The number of benzene rings is 1. The molecular formula is C10H15N3O. The quantitative estimate of drug-likeness (QED) is 0.415. The van der Waals surface area contributed by atoms with Crippen molar-refractivity contribution >= 4 is 11.6 Å². The minimum absolute atomic E-state index is 0.201. The van der Waals surface area contributed by atoms with Gasteiger partial charge in [-0.25, -0.2) is 5.84 Å². The number of likely N-dealkylation sites (N-methyl/N-ethyl adjacent to an activating group) is 1. The fourth-order valence-electron chi connectivity index (χ4n) is 1.15. The molecule has 1 amide bonds. The average molecular weight is 193 g/mol. The number of aryl methyl sites for hydroxylation is 1. The number of nitrogens with two attached hydrogens (primary N) is 1. The van der Waals surface area contributed by atoms with Gasteiger partial charge < -0.3 is 4.90 Å². The van der Waals surface area contributed by atoms with Gasteiger partial charge in [-0.3, -0.25) is 10.2 Å². The summed E-state index contributed by atoms with van der Waals surface area (Å²) in [7, 11) is 1.85. The van der Waals surface area contributed by atoms with Crippen LogP contribution in [0.5, 0.6) is 0 Å². The van der Waals surface area contributed by atoms with E-state index in [4.69, 9.17) is 5.84 Å². The molecule has 0 aliphatic heterocycles. The minimum Gasteiger partial charge on any atom is -0.365 e. The Morgan fingerprint density at radius 1 is 1.43 bits per heavy atom. The summed E-state index contributed by atoms with van der Waals surface area (Å²) in [6.07, 6.45) is 0. The summed E-state index contributed by atoms with van der Waals surface area (Å²) in [4.78, 5) is 12.8. The lowest BCUT2D eigenvalue weighted by atomic mass is 10.2. The zero-order valence-electron chi connectivity index (χ0n) is 8.45. The van der Waals surface area contributed by atoms with Crippen molar-refractivity contribution in [2.45, 2.75) is 6.92 Å². The van der Waals surface area contributed by atoms with Crippen LogP contribution >= 0.6 is 0 Å². The van der Waals surface area contributed by atoms with Crippen LogP contribution in [0, 0.1) is 6.92 Å². The highest BCUT2D eigenvalue weighted by Crippen LogP contribution is 2.12. The van der Waals surface area contributed by atoms with Crippen LogP contribution in [0.4, 0.5) is 5.69 Å². The third-order valence-electron chi connectivity index (χ3n) is 2.02. The van der Waals surface area contributed by atoms with Crippen molar-refractivity contribution in [2.24, 2.45) is 5.84 Å². The molecule has 0 aliphatic carbocycles. The highest BCUT2D eigenvalue weighted by atomic mass is 16.2. The van der Waals surface area contributed by atoms with Gasteiger partial charge in [0.05, 0.1) is 6.54 Å². The number of nitrogens with zero attached hydrogens (tertiary/aromatic N) is 1. The Morgan fingerprint density at radius 2 is 2.00 bits per heavy atom. The molecule has 0 radical (unpaired) electrons. The lowest BCUT2D eigenvalue weighted by Crippen LogP contribution is -2.38. The largest absolute Gasteiger partial charge is 0.365 e. The topological polar surface area (TPSA) is 58.4 Å². The maximum absolute atomic E-state index is 11.0. The van der Waals surface area contributed by atoms with Gasteiger partial charge in [0.25, 0.3) is 5.91 Å². The van der Waals surface area contributed by atoms with Crippen LogP contribution in [0.3, 0.4) is 0 Å². The molecule has 0 unspecified atom stereocenters. The van der Waals surface area contributed by atoms with Crippen LogP contribution in [0.15, 0.2) is 24.3 Å². The number of rotatable bonds is 3. The molecule has 4 nitrogen and oxygen atoms in total. The molecule has 0 saturated heterocycles. The summed E-state index contributed by atoms with van der Waals surface area (Å²) in [5, 5.41) is 0. The smallest absolute Gasteiger partial charge is 0.253 e. The fraction of sp³-hybridized carbons (Fsp3) is 0.300. The van der Waals surface area contributed by atoms with Gasteiger partial charge in [0.2, 0.25) is 0 Å². The maximum atomic E-state index is 11.0. The highest BCUT2D eigenvalue weighted by molar-refractivity contribution is 5.80. The standard InChI is InChI=1S/C10H15N3O/c1-8-3-5-9(6-4-8)13(2)7-10(14)12-11/h3-6H,7,11H2,1-2H3,(H,12,14). The Hall–Kier alpha value is -1.55. The van der Waals surface area contributed by atoms with E-state index in [2.05, 4.69) is 5.43 Å². The van der Waals surface area contributed by atoms with E-state index < -0.39 is 0 Å². The molecule has 4 heteroatoms. The molecule has 76 valence electrons. The zero-order valence-corrected chi connectivity index (χ0v) is 8.45. The Balaban J connectivity index is 2.65. The first-order valence-corrected chi connectivity index (χ1v) is 4.40. The average Bonchev–Trinajstić information content (AvgIpc) is 2.18. The summed E-state index contributed by atoms with van der Waals surface area (Å²) < 4.78 is 0. The lowest BCUT2D eigenvalue weighted by molar-refractivity contribution is -0.119. The normalized spacial score (nSPS) is 9.64. The molecular weight excluding hydrogens is 178 g/mol. The third kappa shape index (κ3) is 2.74. The van der Waals surface area contributed by atoms with Gasteiger partial charge in [0, 0.05) is 12.7 Å². The number of hydrazine groups is 1. The summed E-state index contributed by atoms with van der Waals surface area (Å²) in [6, 6.07) is 7.95. The zero-order chi connectivity index (χ0) is 10.6. The second kappa shape index (κ2) is 4.62. The van der Waals surface area contributed by atoms with Gasteiger partial charge in [0.15, 0.2) is 0 Å². The van der Waals surface area contributed by atoms with E-state index in [1.54, 1.807) is 0 Å². The highest BCUT2D eigenvalue weighted by Gasteiger charge is 2.04. The molecule has 0 aromatic heterocycles. The van der Waals surface area contributed by atoms with E-state index in [-0.39, 0.29) is 12.5 Å². The summed E-state index contributed by atoms with van der Waals surface area (Å²) in [6.45, 7) is 2.29. The number of hydrogen-bond acceptors (Lipinski definition) is 3. The number of hydrogen-bond donors (Lipinski definition) is 2. The number of carbonyl (C=O) groups excluding carboxylic acids is 1. The van der Waals surface area contributed by atoms with Gasteiger partial charge in [-0.2, -0.15) is 0 Å². The lowest BCUT2D eigenvalue weighted by Gasteiger charge is -2.17. The molecule has 1 aromatic rings. The van der Waals surface area contributed by atoms with Gasteiger partial charge in [-0.05, 0) is 19.1 Å². The van der Waals surface area contributed by atoms with Crippen molar-refractivity contribution in [3.05, 3.63) is 29.8 Å². The number of carbonyl (C=O) groups is 1.